The topological polar surface area (TPSA) is 83.9 Å². The normalized spacial score (nSPS) is 22.1. The van der Waals surface area contributed by atoms with E-state index in [2.05, 4.69) is 6.92 Å². The van der Waals surface area contributed by atoms with Crippen molar-refractivity contribution < 1.29 is 23.8 Å². The highest BCUT2D eigenvalue weighted by Crippen LogP contribution is 2.43. The Kier molecular flexibility index (Phi) is 7.74. The van der Waals surface area contributed by atoms with Crippen LogP contribution in [0.5, 0.6) is 0 Å². The SMILES string of the molecule is COP(C)(=O)CCN(C(=O)C1CCC(C)CC1)c1cc(C(C)(C)C)sc1C(=O)O. The quantitative estimate of drug-likeness (QED) is 0.566. The Morgan fingerprint density at radius 3 is 2.34 bits per heavy atom. The second kappa shape index (κ2) is 9.32. The zero-order valence-electron chi connectivity index (χ0n) is 18.4. The molecule has 0 bridgehead atoms. The number of hydrogen-bond acceptors (Lipinski definition) is 5. The monoisotopic (exact) mass is 443 g/mol. The van der Waals surface area contributed by atoms with Gasteiger partial charge in [0, 0.05) is 37.3 Å². The molecule has 1 unspecified atom stereocenters. The minimum Gasteiger partial charge on any atom is -0.477 e. The Balaban J connectivity index is 2.43. The predicted octanol–water partition coefficient (Wildman–Crippen LogP) is 5.46. The number of carbonyl (C=O) groups is 2. The highest BCUT2D eigenvalue weighted by molar-refractivity contribution is 7.58. The van der Waals surface area contributed by atoms with Crippen LogP contribution in [0.15, 0.2) is 6.07 Å². The van der Waals surface area contributed by atoms with Gasteiger partial charge in [0.15, 0.2) is 0 Å². The molecule has 6 nitrogen and oxygen atoms in total. The lowest BCUT2D eigenvalue weighted by molar-refractivity contribution is -0.123. The third kappa shape index (κ3) is 6.16. The minimum atomic E-state index is -2.84. The average molecular weight is 444 g/mol. The summed E-state index contributed by atoms with van der Waals surface area (Å²) in [6.45, 7) is 10.00. The molecular weight excluding hydrogens is 409 g/mol. The van der Waals surface area contributed by atoms with E-state index in [-0.39, 0.29) is 34.8 Å². The molecule has 0 aromatic carbocycles. The Bertz CT molecular complexity index is 789. The van der Waals surface area contributed by atoms with Gasteiger partial charge in [0.2, 0.25) is 13.3 Å². The molecule has 8 heteroatoms. The van der Waals surface area contributed by atoms with Crippen LogP contribution in [0.25, 0.3) is 0 Å². The van der Waals surface area contributed by atoms with Crippen molar-refractivity contribution in [1.82, 2.24) is 0 Å². The first-order valence-corrected chi connectivity index (χ1v) is 13.2. The van der Waals surface area contributed by atoms with Crippen molar-refractivity contribution >= 4 is 36.3 Å². The first-order valence-electron chi connectivity index (χ1n) is 10.2. The van der Waals surface area contributed by atoms with Gasteiger partial charge in [-0.2, -0.15) is 0 Å². The highest BCUT2D eigenvalue weighted by atomic mass is 32.1. The summed E-state index contributed by atoms with van der Waals surface area (Å²) in [6.07, 6.45) is 3.80. The molecule has 164 valence electrons. The molecule has 1 heterocycles. The molecule has 0 spiro atoms. The summed E-state index contributed by atoms with van der Waals surface area (Å²) < 4.78 is 17.6. The standard InChI is InChI=1S/C21H34NO5PS/c1-14-7-9-15(10-8-14)19(23)22(11-12-28(6,26)27-5)16-13-17(21(2,3)4)29-18(16)20(24)25/h13-15H,7-12H2,1-6H3,(H,24,25). The maximum Gasteiger partial charge on any atom is 0.348 e. The predicted molar refractivity (Wildman–Crippen MR) is 119 cm³/mol. The Hall–Kier alpha value is -1.17. The zero-order valence-corrected chi connectivity index (χ0v) is 20.1. The van der Waals surface area contributed by atoms with Crippen molar-refractivity contribution in [3.63, 3.8) is 0 Å². The number of thiophene rings is 1. The molecule has 1 aliphatic rings. The van der Waals surface area contributed by atoms with Crippen LogP contribution in [0.2, 0.25) is 0 Å². The third-order valence-electron chi connectivity index (χ3n) is 5.68. The van der Waals surface area contributed by atoms with Crippen LogP contribution in [0.3, 0.4) is 0 Å². The zero-order chi connectivity index (χ0) is 22.0. The summed E-state index contributed by atoms with van der Waals surface area (Å²) >= 11 is 1.21. The van der Waals surface area contributed by atoms with Gasteiger partial charge in [-0.15, -0.1) is 11.3 Å². The van der Waals surface area contributed by atoms with E-state index in [4.69, 9.17) is 4.52 Å². The molecule has 0 aliphatic heterocycles. The van der Waals surface area contributed by atoms with E-state index in [1.54, 1.807) is 11.6 Å². The summed E-state index contributed by atoms with van der Waals surface area (Å²) in [6, 6.07) is 1.82. The van der Waals surface area contributed by atoms with Crippen molar-refractivity contribution in [2.24, 2.45) is 11.8 Å². The van der Waals surface area contributed by atoms with E-state index in [9.17, 15) is 19.3 Å². The number of rotatable bonds is 7. The van der Waals surface area contributed by atoms with Crippen LogP contribution >= 0.6 is 18.7 Å². The number of nitrogens with zero attached hydrogens (tertiary/aromatic N) is 1. The van der Waals surface area contributed by atoms with Crippen LogP contribution in [0.4, 0.5) is 5.69 Å². The van der Waals surface area contributed by atoms with Crippen LogP contribution in [0.1, 0.15) is 67.9 Å². The molecule has 1 fully saturated rings. The van der Waals surface area contributed by atoms with Crippen molar-refractivity contribution in [2.45, 2.75) is 58.8 Å². The molecule has 1 N–H and O–H groups in total. The van der Waals surface area contributed by atoms with Gasteiger partial charge >= 0.3 is 5.97 Å². The van der Waals surface area contributed by atoms with Gasteiger partial charge in [-0.25, -0.2) is 4.79 Å². The van der Waals surface area contributed by atoms with E-state index in [1.165, 1.54) is 18.4 Å². The summed E-state index contributed by atoms with van der Waals surface area (Å²) in [5.74, 6) is -0.611. The second-order valence-corrected chi connectivity index (χ2v) is 13.1. The van der Waals surface area contributed by atoms with Crippen molar-refractivity contribution in [3.8, 4) is 0 Å². The molecule has 1 saturated carbocycles. The molecular formula is C21H34NO5PS. The van der Waals surface area contributed by atoms with Gasteiger partial charge < -0.3 is 14.5 Å². The number of carboxylic acid groups (broad SMARTS) is 1. The third-order valence-corrected chi connectivity index (χ3v) is 9.01. The Labute approximate surface area is 178 Å². The fraction of sp³-hybridized carbons (Fsp3) is 0.714. The number of aromatic carboxylic acids is 1. The molecule has 0 saturated heterocycles. The largest absolute Gasteiger partial charge is 0.477 e. The number of hydrogen-bond donors (Lipinski definition) is 1. The number of carbonyl (C=O) groups excluding carboxylic acids is 1. The summed E-state index contributed by atoms with van der Waals surface area (Å²) in [5.41, 5.74) is 0.196. The fourth-order valence-electron chi connectivity index (χ4n) is 3.55. The van der Waals surface area contributed by atoms with Crippen LogP contribution in [0, 0.1) is 11.8 Å². The average Bonchev–Trinajstić information content (AvgIpc) is 3.08. The molecule has 1 amide bonds. The summed E-state index contributed by atoms with van der Waals surface area (Å²) in [7, 11) is -1.44. The molecule has 29 heavy (non-hydrogen) atoms. The van der Waals surface area contributed by atoms with Crippen molar-refractivity contribution in [2.75, 3.05) is 31.4 Å². The van der Waals surface area contributed by atoms with Gasteiger partial charge in [-0.05, 0) is 43.1 Å². The fourth-order valence-corrected chi connectivity index (χ4v) is 5.36. The maximum absolute atomic E-state index is 13.5. The van der Waals surface area contributed by atoms with Crippen molar-refractivity contribution in [1.29, 1.82) is 0 Å². The van der Waals surface area contributed by atoms with E-state index in [0.717, 1.165) is 30.6 Å². The summed E-state index contributed by atoms with van der Waals surface area (Å²) in [5, 5.41) is 9.79. The first kappa shape index (κ1) is 24.1. The Morgan fingerprint density at radius 1 is 1.28 bits per heavy atom. The molecule has 1 aromatic heterocycles. The highest BCUT2D eigenvalue weighted by Gasteiger charge is 2.34. The van der Waals surface area contributed by atoms with E-state index in [0.29, 0.717) is 11.6 Å². The van der Waals surface area contributed by atoms with Gasteiger partial charge in [0.25, 0.3) is 0 Å². The number of anilines is 1. The van der Waals surface area contributed by atoms with Gasteiger partial charge in [0.1, 0.15) is 4.88 Å². The minimum absolute atomic E-state index is 0.0613. The molecule has 0 radical (unpaired) electrons. The van der Waals surface area contributed by atoms with Gasteiger partial charge in [-0.1, -0.05) is 27.7 Å². The smallest absolute Gasteiger partial charge is 0.348 e. The van der Waals surface area contributed by atoms with Crippen LogP contribution in [-0.4, -0.2) is 43.5 Å². The molecule has 2 rings (SSSR count). The number of carboxylic acids is 1. The molecule has 1 atom stereocenters. The van der Waals surface area contributed by atoms with Gasteiger partial charge in [0.05, 0.1) is 5.69 Å². The maximum atomic E-state index is 13.5. The van der Waals surface area contributed by atoms with E-state index >= 15 is 0 Å². The van der Waals surface area contributed by atoms with Gasteiger partial charge in [-0.3, -0.25) is 9.36 Å². The number of amides is 1. The van der Waals surface area contributed by atoms with Crippen LogP contribution < -0.4 is 4.90 Å². The lowest BCUT2D eigenvalue weighted by atomic mass is 9.82. The second-order valence-electron chi connectivity index (χ2n) is 9.25. The lowest BCUT2D eigenvalue weighted by Gasteiger charge is -2.31. The van der Waals surface area contributed by atoms with Crippen LogP contribution in [-0.2, 0) is 19.3 Å². The molecule has 1 aliphatic carbocycles. The lowest BCUT2D eigenvalue weighted by Crippen LogP contribution is -2.40. The van der Waals surface area contributed by atoms with E-state index < -0.39 is 13.3 Å². The first-order chi connectivity index (χ1) is 13.4. The Morgan fingerprint density at radius 2 is 1.86 bits per heavy atom. The molecule has 1 aromatic rings. The van der Waals surface area contributed by atoms with Crippen molar-refractivity contribution in [3.05, 3.63) is 15.8 Å². The summed E-state index contributed by atoms with van der Waals surface area (Å²) in [4.78, 5) is 28.0. The van der Waals surface area contributed by atoms with E-state index in [1.807, 2.05) is 26.8 Å².